The first-order valence-electron chi connectivity index (χ1n) is 2.28. The van der Waals surface area contributed by atoms with Gasteiger partial charge in [0, 0.05) is 5.57 Å². The molecule has 0 atom stereocenters. The topological polar surface area (TPSA) is 23.8 Å². The van der Waals surface area contributed by atoms with Crippen LogP contribution in [0.4, 0.5) is 8.78 Å². The molecule has 0 N–H and O–H groups in total. The van der Waals surface area contributed by atoms with Gasteiger partial charge in [-0.3, -0.25) is 0 Å². The molecule has 1 rings (SSSR count). The van der Waals surface area contributed by atoms with Crippen molar-refractivity contribution < 1.29 is 8.78 Å². The van der Waals surface area contributed by atoms with E-state index in [2.05, 4.69) is 6.58 Å². The Hall–Kier alpha value is -1.17. The molecular weight excluding hydrogens is 124 g/mol. The van der Waals surface area contributed by atoms with Crippen molar-refractivity contribution >= 4 is 0 Å². The van der Waals surface area contributed by atoms with Crippen molar-refractivity contribution in [3.63, 3.8) is 0 Å². The van der Waals surface area contributed by atoms with Crippen LogP contribution in [0.15, 0.2) is 23.8 Å². The quantitative estimate of drug-likeness (QED) is 0.485. The third-order valence-electron chi connectivity index (χ3n) is 1.18. The summed E-state index contributed by atoms with van der Waals surface area (Å²) in [5.74, 6) is -3.05. The Labute approximate surface area is 50.9 Å². The van der Waals surface area contributed by atoms with Gasteiger partial charge >= 0.3 is 5.92 Å². The van der Waals surface area contributed by atoms with Gasteiger partial charge in [0.2, 0.25) is 0 Å². The van der Waals surface area contributed by atoms with E-state index in [1.165, 1.54) is 6.07 Å². The molecule has 9 heavy (non-hydrogen) atoms. The second-order valence-electron chi connectivity index (χ2n) is 1.77. The fraction of sp³-hybridized carbons (Fsp3) is 0.167. The summed E-state index contributed by atoms with van der Waals surface area (Å²) < 4.78 is 24.4. The maximum atomic E-state index is 12.2. The molecule has 46 valence electrons. The van der Waals surface area contributed by atoms with Crippen LogP contribution in [-0.2, 0) is 0 Å². The molecule has 3 heteroatoms. The normalized spacial score (nSPS) is 21.9. The van der Waals surface area contributed by atoms with Crippen molar-refractivity contribution in [2.45, 2.75) is 5.92 Å². The molecular formula is C6H3F2N. The van der Waals surface area contributed by atoms with Gasteiger partial charge < -0.3 is 0 Å². The zero-order valence-corrected chi connectivity index (χ0v) is 4.49. The molecule has 0 saturated heterocycles. The molecule has 0 aliphatic heterocycles. The lowest BCUT2D eigenvalue weighted by molar-refractivity contribution is 0.0784. The van der Waals surface area contributed by atoms with Crippen molar-refractivity contribution in [2.24, 2.45) is 0 Å². The van der Waals surface area contributed by atoms with E-state index in [9.17, 15) is 8.78 Å². The fourth-order valence-corrected chi connectivity index (χ4v) is 0.553. The summed E-state index contributed by atoms with van der Waals surface area (Å²) in [6.45, 7) is 3.03. The van der Waals surface area contributed by atoms with Gasteiger partial charge in [-0.15, -0.1) is 0 Å². The van der Waals surface area contributed by atoms with E-state index in [1.54, 1.807) is 0 Å². The van der Waals surface area contributed by atoms with E-state index < -0.39 is 11.5 Å². The molecule has 0 saturated carbocycles. The van der Waals surface area contributed by atoms with Crippen molar-refractivity contribution in [3.8, 4) is 6.07 Å². The number of nitriles is 1. The van der Waals surface area contributed by atoms with Gasteiger partial charge in [0.05, 0.1) is 0 Å². The molecule has 0 aromatic rings. The first kappa shape index (κ1) is 5.96. The Morgan fingerprint density at radius 3 is 2.33 bits per heavy atom. The lowest BCUT2D eigenvalue weighted by Gasteiger charge is -2.23. The number of alkyl halides is 2. The minimum Gasteiger partial charge on any atom is -0.195 e. The summed E-state index contributed by atoms with van der Waals surface area (Å²) in [5.41, 5.74) is -0.772. The van der Waals surface area contributed by atoms with Crippen LogP contribution < -0.4 is 0 Å². The van der Waals surface area contributed by atoms with E-state index in [-0.39, 0.29) is 5.57 Å². The summed E-state index contributed by atoms with van der Waals surface area (Å²) in [5, 5.41) is 8.00. The highest BCUT2D eigenvalue weighted by molar-refractivity contribution is 5.54. The summed E-state index contributed by atoms with van der Waals surface area (Å²) in [7, 11) is 0. The van der Waals surface area contributed by atoms with Gasteiger partial charge in [-0.1, -0.05) is 6.58 Å². The van der Waals surface area contributed by atoms with Crippen LogP contribution >= 0.6 is 0 Å². The van der Waals surface area contributed by atoms with Crippen molar-refractivity contribution in [1.29, 1.82) is 5.26 Å². The first-order valence-corrected chi connectivity index (χ1v) is 2.28. The minimum atomic E-state index is -3.05. The van der Waals surface area contributed by atoms with E-state index >= 15 is 0 Å². The third-order valence-corrected chi connectivity index (χ3v) is 1.18. The van der Waals surface area contributed by atoms with E-state index in [0.717, 1.165) is 6.08 Å². The molecule has 0 heterocycles. The van der Waals surface area contributed by atoms with E-state index in [0.29, 0.717) is 0 Å². The molecule has 1 aliphatic carbocycles. The molecule has 0 unspecified atom stereocenters. The highest BCUT2D eigenvalue weighted by atomic mass is 19.3. The molecule has 1 nitrogen and oxygen atoms in total. The fourth-order valence-electron chi connectivity index (χ4n) is 0.553. The predicted octanol–water partition coefficient (Wildman–Crippen LogP) is 1.64. The van der Waals surface area contributed by atoms with Gasteiger partial charge in [0.15, 0.2) is 0 Å². The molecule has 0 aromatic carbocycles. The molecule has 1 aliphatic rings. The zero-order chi connectivity index (χ0) is 7.07. The molecule has 0 aromatic heterocycles. The van der Waals surface area contributed by atoms with Crippen LogP contribution in [0.2, 0.25) is 0 Å². The van der Waals surface area contributed by atoms with Crippen LogP contribution in [-0.4, -0.2) is 5.92 Å². The largest absolute Gasteiger partial charge is 0.307 e. The van der Waals surface area contributed by atoms with E-state index in [1.807, 2.05) is 0 Å². The summed E-state index contributed by atoms with van der Waals surface area (Å²) in [4.78, 5) is 0. The average Bonchev–Trinajstić information content (AvgIpc) is 1.82. The Bertz CT molecular complexity index is 232. The van der Waals surface area contributed by atoms with Gasteiger partial charge in [0.25, 0.3) is 0 Å². The number of hydrogen-bond acceptors (Lipinski definition) is 1. The van der Waals surface area contributed by atoms with Crippen LogP contribution in [0.5, 0.6) is 0 Å². The second kappa shape index (κ2) is 1.41. The Balaban J connectivity index is 2.99. The van der Waals surface area contributed by atoms with Crippen molar-refractivity contribution in [2.75, 3.05) is 0 Å². The summed E-state index contributed by atoms with van der Waals surface area (Å²) in [6, 6.07) is 1.37. The number of nitrogens with zero attached hydrogens (tertiary/aromatic N) is 1. The highest BCUT2D eigenvalue weighted by Crippen LogP contribution is 2.40. The predicted molar refractivity (Wildman–Crippen MR) is 27.8 cm³/mol. The Morgan fingerprint density at radius 1 is 1.67 bits per heavy atom. The highest BCUT2D eigenvalue weighted by Gasteiger charge is 2.44. The Kier molecular flexibility index (Phi) is 0.934. The van der Waals surface area contributed by atoms with Gasteiger partial charge in [-0.2, -0.15) is 14.0 Å². The molecule has 0 radical (unpaired) electrons. The van der Waals surface area contributed by atoms with Crippen molar-refractivity contribution in [3.05, 3.63) is 23.8 Å². The number of halogens is 2. The SMILES string of the molecule is C=C1C=C(C#N)C1(F)F. The molecule has 0 bridgehead atoms. The lowest BCUT2D eigenvalue weighted by atomic mass is 9.90. The van der Waals surface area contributed by atoms with Crippen LogP contribution in [0.3, 0.4) is 0 Å². The summed E-state index contributed by atoms with van der Waals surface area (Å²) >= 11 is 0. The number of allylic oxidation sites excluding steroid dienone is 3. The lowest BCUT2D eigenvalue weighted by Crippen LogP contribution is -2.28. The second-order valence-corrected chi connectivity index (χ2v) is 1.77. The van der Waals surface area contributed by atoms with Crippen LogP contribution in [0, 0.1) is 11.3 Å². The van der Waals surface area contributed by atoms with E-state index in [4.69, 9.17) is 5.26 Å². The van der Waals surface area contributed by atoms with Crippen LogP contribution in [0.25, 0.3) is 0 Å². The zero-order valence-electron chi connectivity index (χ0n) is 4.49. The first-order chi connectivity index (χ1) is 4.09. The standard InChI is InChI=1S/C6H3F2N/c1-4-2-5(3-9)6(4,7)8/h2H,1H2. The van der Waals surface area contributed by atoms with Gasteiger partial charge in [0.1, 0.15) is 11.6 Å². The average molecular weight is 127 g/mol. The molecule has 0 spiro atoms. The number of hydrogen-bond donors (Lipinski definition) is 0. The third kappa shape index (κ3) is 0.563. The molecule has 0 amide bonds. The molecule has 0 fully saturated rings. The Morgan fingerprint density at radius 2 is 2.22 bits per heavy atom. The maximum Gasteiger partial charge on any atom is 0.307 e. The summed E-state index contributed by atoms with van der Waals surface area (Å²) in [6.07, 6.45) is 1.08. The van der Waals surface area contributed by atoms with Gasteiger partial charge in [-0.05, 0) is 6.08 Å². The maximum absolute atomic E-state index is 12.2. The smallest absolute Gasteiger partial charge is 0.195 e. The number of rotatable bonds is 0. The minimum absolute atomic E-state index is 0.279. The van der Waals surface area contributed by atoms with Crippen LogP contribution in [0.1, 0.15) is 0 Å². The van der Waals surface area contributed by atoms with Crippen molar-refractivity contribution in [1.82, 2.24) is 0 Å². The van der Waals surface area contributed by atoms with Gasteiger partial charge in [-0.25, -0.2) is 0 Å². The monoisotopic (exact) mass is 127 g/mol.